The summed E-state index contributed by atoms with van der Waals surface area (Å²) in [4.78, 5) is 2.56. The summed E-state index contributed by atoms with van der Waals surface area (Å²) in [6, 6.07) is 0. The van der Waals surface area contributed by atoms with Crippen LogP contribution in [0.15, 0.2) is 0 Å². The van der Waals surface area contributed by atoms with Crippen molar-refractivity contribution in [3.63, 3.8) is 0 Å². The van der Waals surface area contributed by atoms with E-state index < -0.39 is 0 Å². The van der Waals surface area contributed by atoms with Crippen LogP contribution in [-0.4, -0.2) is 37.7 Å². The lowest BCUT2D eigenvalue weighted by Gasteiger charge is -2.34. The van der Waals surface area contributed by atoms with Crippen molar-refractivity contribution >= 4 is 0 Å². The molecule has 2 fully saturated rings. The second-order valence-corrected chi connectivity index (χ2v) is 3.57. The number of hydrogen-bond acceptors (Lipinski definition) is 2. The maximum Gasteiger partial charge on any atom is 0.0528 e. The molecule has 2 saturated heterocycles. The number of hydrogen-bond donors (Lipinski definition) is 0. The van der Waals surface area contributed by atoms with Gasteiger partial charge >= 0.3 is 0 Å². The number of nitrogens with zero attached hydrogens (tertiary/aromatic N) is 1. The fourth-order valence-electron chi connectivity index (χ4n) is 1.74. The first-order valence-electron chi connectivity index (χ1n) is 4.57. The van der Waals surface area contributed by atoms with Crippen LogP contribution in [0.4, 0.5) is 0 Å². The van der Waals surface area contributed by atoms with Gasteiger partial charge in [0, 0.05) is 12.5 Å². The van der Waals surface area contributed by atoms with E-state index in [2.05, 4.69) is 11.3 Å². The average molecular weight is 154 g/mol. The number of piperidine rings is 1. The third kappa shape index (κ3) is 1.94. The van der Waals surface area contributed by atoms with E-state index in [9.17, 15) is 0 Å². The first kappa shape index (κ1) is 7.56. The molecule has 0 aromatic rings. The molecule has 0 saturated carbocycles. The highest BCUT2D eigenvalue weighted by Crippen LogP contribution is 2.15. The molecule has 2 heterocycles. The van der Waals surface area contributed by atoms with Crippen LogP contribution in [0.5, 0.6) is 0 Å². The molecule has 0 spiro atoms. The van der Waals surface area contributed by atoms with Crippen LogP contribution in [0.1, 0.15) is 12.8 Å². The molecule has 2 heteroatoms. The standard InChI is InChI=1S/C9H16NO/c1-2-4-10(5-3-1)6-9-7-11-8-9/h1,9H,2-8H2. The first-order valence-corrected chi connectivity index (χ1v) is 4.57. The predicted molar refractivity (Wildman–Crippen MR) is 44.3 cm³/mol. The van der Waals surface area contributed by atoms with Gasteiger partial charge in [0.2, 0.25) is 0 Å². The fourth-order valence-corrected chi connectivity index (χ4v) is 1.74. The molecule has 0 N–H and O–H groups in total. The molecule has 2 rings (SSSR count). The second kappa shape index (κ2) is 3.55. The third-order valence-electron chi connectivity index (χ3n) is 2.52. The zero-order valence-electron chi connectivity index (χ0n) is 6.96. The van der Waals surface area contributed by atoms with Gasteiger partial charge in [-0.25, -0.2) is 0 Å². The SMILES string of the molecule is [CH]1CCN(CC2COC2)CC1. The van der Waals surface area contributed by atoms with Crippen LogP contribution in [-0.2, 0) is 4.74 Å². The van der Waals surface area contributed by atoms with E-state index in [1.807, 2.05) is 0 Å². The molecule has 0 aromatic heterocycles. The zero-order valence-corrected chi connectivity index (χ0v) is 6.96. The molecule has 0 aromatic carbocycles. The molecule has 1 radical (unpaired) electrons. The molecule has 2 aliphatic rings. The van der Waals surface area contributed by atoms with Crippen molar-refractivity contribution in [2.45, 2.75) is 12.8 Å². The van der Waals surface area contributed by atoms with Gasteiger partial charge in [-0.1, -0.05) is 0 Å². The van der Waals surface area contributed by atoms with Gasteiger partial charge in [0.1, 0.15) is 0 Å². The van der Waals surface area contributed by atoms with Crippen molar-refractivity contribution in [2.75, 3.05) is 32.8 Å². The van der Waals surface area contributed by atoms with Gasteiger partial charge in [-0.15, -0.1) is 0 Å². The minimum Gasteiger partial charge on any atom is -0.381 e. The van der Waals surface area contributed by atoms with E-state index in [0.29, 0.717) is 0 Å². The van der Waals surface area contributed by atoms with E-state index >= 15 is 0 Å². The highest BCUT2D eigenvalue weighted by molar-refractivity contribution is 4.79. The van der Waals surface area contributed by atoms with Crippen LogP contribution in [0.2, 0.25) is 0 Å². The third-order valence-corrected chi connectivity index (χ3v) is 2.52. The van der Waals surface area contributed by atoms with Crippen molar-refractivity contribution < 1.29 is 4.74 Å². The van der Waals surface area contributed by atoms with Crippen LogP contribution in [0, 0.1) is 12.3 Å². The molecule has 63 valence electrons. The van der Waals surface area contributed by atoms with E-state index in [1.165, 1.54) is 32.5 Å². The quantitative estimate of drug-likeness (QED) is 0.586. The number of rotatable bonds is 2. The Morgan fingerprint density at radius 3 is 2.55 bits per heavy atom. The maximum absolute atomic E-state index is 5.14. The lowest BCUT2D eigenvalue weighted by atomic mass is 10.1. The van der Waals surface area contributed by atoms with Gasteiger partial charge in [0.05, 0.1) is 13.2 Å². The molecular weight excluding hydrogens is 138 g/mol. The Morgan fingerprint density at radius 1 is 1.27 bits per heavy atom. The van der Waals surface area contributed by atoms with Gasteiger partial charge in [-0.3, -0.25) is 0 Å². The van der Waals surface area contributed by atoms with Gasteiger partial charge in [0.15, 0.2) is 0 Å². The molecule has 2 nitrogen and oxygen atoms in total. The Hall–Kier alpha value is -0.0800. The van der Waals surface area contributed by atoms with Gasteiger partial charge < -0.3 is 9.64 Å². The van der Waals surface area contributed by atoms with Crippen molar-refractivity contribution in [3.8, 4) is 0 Å². The minimum absolute atomic E-state index is 0.841. The summed E-state index contributed by atoms with van der Waals surface area (Å²) in [5, 5.41) is 0. The smallest absolute Gasteiger partial charge is 0.0528 e. The van der Waals surface area contributed by atoms with Crippen molar-refractivity contribution in [3.05, 3.63) is 6.42 Å². The summed E-state index contributed by atoms with van der Waals surface area (Å²) >= 11 is 0. The highest BCUT2D eigenvalue weighted by atomic mass is 16.5. The van der Waals surface area contributed by atoms with Crippen molar-refractivity contribution in [2.24, 2.45) is 5.92 Å². The maximum atomic E-state index is 5.14. The van der Waals surface area contributed by atoms with E-state index in [1.54, 1.807) is 0 Å². The number of likely N-dealkylation sites (tertiary alicyclic amines) is 1. The molecule has 0 atom stereocenters. The first-order chi connectivity index (χ1) is 5.45. The molecule has 0 aliphatic carbocycles. The Kier molecular flexibility index (Phi) is 2.44. The molecule has 11 heavy (non-hydrogen) atoms. The Balaban J connectivity index is 1.67. The van der Waals surface area contributed by atoms with Crippen LogP contribution < -0.4 is 0 Å². The van der Waals surface area contributed by atoms with E-state index in [-0.39, 0.29) is 0 Å². The zero-order chi connectivity index (χ0) is 7.52. The molecular formula is C9H16NO. The molecule has 0 bridgehead atoms. The number of ether oxygens (including phenoxy) is 1. The molecule has 2 aliphatic heterocycles. The minimum atomic E-state index is 0.841. The Labute approximate surface area is 68.5 Å². The van der Waals surface area contributed by atoms with Crippen LogP contribution in [0.3, 0.4) is 0 Å². The molecule has 0 amide bonds. The molecule has 0 unspecified atom stereocenters. The van der Waals surface area contributed by atoms with Gasteiger partial charge in [-0.05, 0) is 32.4 Å². The summed E-state index contributed by atoms with van der Waals surface area (Å²) < 4.78 is 5.14. The summed E-state index contributed by atoms with van der Waals surface area (Å²) in [5.41, 5.74) is 0. The second-order valence-electron chi connectivity index (χ2n) is 3.57. The van der Waals surface area contributed by atoms with Crippen molar-refractivity contribution in [1.29, 1.82) is 0 Å². The predicted octanol–water partition coefficient (Wildman–Crippen LogP) is 0.933. The van der Waals surface area contributed by atoms with E-state index in [4.69, 9.17) is 4.74 Å². The Bertz CT molecular complexity index is 117. The monoisotopic (exact) mass is 154 g/mol. The van der Waals surface area contributed by atoms with E-state index in [0.717, 1.165) is 19.1 Å². The topological polar surface area (TPSA) is 12.5 Å². The summed E-state index contributed by atoms with van der Waals surface area (Å²) in [7, 11) is 0. The van der Waals surface area contributed by atoms with Crippen molar-refractivity contribution in [1.82, 2.24) is 4.90 Å². The Morgan fingerprint density at radius 2 is 2.00 bits per heavy atom. The summed E-state index contributed by atoms with van der Waals surface area (Å²) in [6.07, 6.45) is 4.97. The van der Waals surface area contributed by atoms with Gasteiger partial charge in [-0.2, -0.15) is 0 Å². The lowest BCUT2D eigenvalue weighted by molar-refractivity contribution is -0.0472. The highest BCUT2D eigenvalue weighted by Gasteiger charge is 2.22. The summed E-state index contributed by atoms with van der Waals surface area (Å²) in [6.45, 7) is 5.82. The fraction of sp³-hybridized carbons (Fsp3) is 0.889. The normalized spacial score (nSPS) is 28.4. The summed E-state index contributed by atoms with van der Waals surface area (Å²) in [5.74, 6) is 0.841. The largest absolute Gasteiger partial charge is 0.381 e. The van der Waals surface area contributed by atoms with Crippen LogP contribution in [0.25, 0.3) is 0 Å². The van der Waals surface area contributed by atoms with Gasteiger partial charge in [0.25, 0.3) is 0 Å². The van der Waals surface area contributed by atoms with Crippen LogP contribution >= 0.6 is 0 Å². The average Bonchev–Trinajstić information content (AvgIpc) is 1.99. The lowest BCUT2D eigenvalue weighted by Crippen LogP contribution is -2.41.